The summed E-state index contributed by atoms with van der Waals surface area (Å²) in [7, 11) is 0. The van der Waals surface area contributed by atoms with Crippen molar-refractivity contribution in [1.82, 2.24) is 14.8 Å². The van der Waals surface area contributed by atoms with Crippen LogP contribution in [0.4, 0.5) is 28.9 Å². The second-order valence-corrected chi connectivity index (χ2v) is 10.6. The van der Waals surface area contributed by atoms with Crippen molar-refractivity contribution in [3.05, 3.63) is 60.8 Å². The van der Waals surface area contributed by atoms with Crippen LogP contribution >= 0.6 is 31.9 Å². The molecule has 1 aromatic heterocycles. The lowest BCUT2D eigenvalue weighted by Gasteiger charge is -2.32. The van der Waals surface area contributed by atoms with E-state index in [2.05, 4.69) is 42.2 Å². The molecule has 2 fully saturated rings. The molecule has 0 aliphatic carbocycles. The number of nitrogens with zero attached hydrogens (tertiary/aromatic N) is 4. The zero-order valence-corrected chi connectivity index (χ0v) is 22.1. The molecule has 1 N–H and O–H groups in total. The molecule has 198 valence electrons. The Hall–Kier alpha value is -2.81. The number of piperidine rings is 1. The molecule has 4 rings (SSSR count). The Labute approximate surface area is 224 Å². The summed E-state index contributed by atoms with van der Waals surface area (Å²) < 4.78 is 57.9. The first-order chi connectivity index (χ1) is 17.3. The Morgan fingerprint density at radius 2 is 1.70 bits per heavy atom. The molecule has 2 saturated heterocycles. The van der Waals surface area contributed by atoms with Crippen molar-refractivity contribution in [2.45, 2.75) is 30.7 Å². The SMILES string of the molecule is O=C(c1cncc(Br)c1)N1C[C@H](Nc2c(C(=O)N3CCC(F)(F)CC3)cc(Br)cc2[N+](=O)[O-])C(F)(F)C1. The van der Waals surface area contributed by atoms with Gasteiger partial charge in [0.2, 0.25) is 0 Å². The van der Waals surface area contributed by atoms with Gasteiger partial charge >= 0.3 is 0 Å². The zero-order valence-electron chi connectivity index (χ0n) is 18.9. The first kappa shape index (κ1) is 27.2. The fraction of sp³-hybridized carbons (Fsp3) is 0.409. The normalized spacial score (nSPS) is 20.5. The number of amides is 2. The number of carbonyl (C=O) groups excluding carboxylic acids is 2. The average Bonchev–Trinajstić information content (AvgIpc) is 3.12. The highest BCUT2D eigenvalue weighted by atomic mass is 79.9. The molecule has 2 aliphatic rings. The summed E-state index contributed by atoms with van der Waals surface area (Å²) in [6.07, 6.45) is 1.48. The van der Waals surface area contributed by atoms with Crippen molar-refractivity contribution < 1.29 is 32.1 Å². The molecule has 1 aromatic carbocycles. The summed E-state index contributed by atoms with van der Waals surface area (Å²) in [5.41, 5.74) is -1.38. The predicted octanol–water partition coefficient (Wildman–Crippen LogP) is 4.96. The minimum absolute atomic E-state index is 0.0678. The van der Waals surface area contributed by atoms with Gasteiger partial charge < -0.3 is 15.1 Å². The van der Waals surface area contributed by atoms with E-state index in [1.54, 1.807) is 0 Å². The van der Waals surface area contributed by atoms with Gasteiger partial charge in [-0.1, -0.05) is 15.9 Å². The Balaban J connectivity index is 1.64. The minimum atomic E-state index is -3.51. The van der Waals surface area contributed by atoms with Crippen LogP contribution in [-0.4, -0.2) is 75.6 Å². The number of halogens is 6. The largest absolute Gasteiger partial charge is 0.369 e. The lowest BCUT2D eigenvalue weighted by atomic mass is 10.0. The standard InChI is InChI=1S/C22H19Br2F4N5O4/c23-13-6-15(20(35)31-3-1-21(25,26)2-4-31)18(16(7-13)33(36)37)30-17-10-32(11-22(17,27)28)19(34)12-5-14(24)9-29-8-12/h5-9,17,30H,1-4,10-11H2/t17-/m0/s1. The zero-order chi connectivity index (χ0) is 27.1. The number of nitro benzene ring substituents is 1. The van der Waals surface area contributed by atoms with Crippen molar-refractivity contribution in [1.29, 1.82) is 0 Å². The first-order valence-corrected chi connectivity index (χ1v) is 12.6. The molecule has 1 atom stereocenters. The van der Waals surface area contributed by atoms with Crippen molar-refractivity contribution in [2.24, 2.45) is 0 Å². The maximum absolute atomic E-state index is 15.0. The summed E-state index contributed by atoms with van der Waals surface area (Å²) in [6.45, 7) is -2.08. The number of hydrogen-bond donors (Lipinski definition) is 1. The number of pyridine rings is 1. The van der Waals surface area contributed by atoms with E-state index in [0.717, 1.165) is 15.9 Å². The number of benzene rings is 1. The molecule has 2 amide bonds. The monoisotopic (exact) mass is 651 g/mol. The highest BCUT2D eigenvalue weighted by molar-refractivity contribution is 9.10. The second-order valence-electron chi connectivity index (χ2n) is 8.79. The molecule has 37 heavy (non-hydrogen) atoms. The van der Waals surface area contributed by atoms with Crippen LogP contribution in [0, 0.1) is 10.1 Å². The topological polar surface area (TPSA) is 109 Å². The Morgan fingerprint density at radius 3 is 2.32 bits per heavy atom. The van der Waals surface area contributed by atoms with Crippen LogP contribution in [0.5, 0.6) is 0 Å². The Bertz CT molecular complexity index is 1260. The van der Waals surface area contributed by atoms with Gasteiger partial charge in [0, 0.05) is 59.9 Å². The number of alkyl halides is 4. The van der Waals surface area contributed by atoms with Crippen molar-refractivity contribution >= 4 is 55.0 Å². The molecule has 0 unspecified atom stereocenters. The molecule has 2 aliphatic heterocycles. The van der Waals surface area contributed by atoms with Crippen LogP contribution in [0.15, 0.2) is 39.5 Å². The van der Waals surface area contributed by atoms with Crippen LogP contribution in [0.1, 0.15) is 33.6 Å². The molecule has 0 spiro atoms. The molecule has 15 heteroatoms. The van der Waals surface area contributed by atoms with Crippen molar-refractivity contribution in [3.63, 3.8) is 0 Å². The molecule has 9 nitrogen and oxygen atoms in total. The number of nitro groups is 1. The Kier molecular flexibility index (Phi) is 7.48. The van der Waals surface area contributed by atoms with E-state index < -0.39 is 71.9 Å². The van der Waals surface area contributed by atoms with Gasteiger partial charge in [-0.3, -0.25) is 24.7 Å². The van der Waals surface area contributed by atoms with E-state index in [0.29, 0.717) is 4.47 Å². The van der Waals surface area contributed by atoms with Gasteiger partial charge in [-0.05, 0) is 28.1 Å². The third-order valence-electron chi connectivity index (χ3n) is 6.16. The van der Waals surface area contributed by atoms with Gasteiger partial charge in [0.15, 0.2) is 0 Å². The van der Waals surface area contributed by atoms with Crippen LogP contribution in [-0.2, 0) is 0 Å². The summed E-state index contributed by atoms with van der Waals surface area (Å²) >= 11 is 6.25. The van der Waals surface area contributed by atoms with E-state index in [9.17, 15) is 28.5 Å². The minimum Gasteiger partial charge on any atom is -0.369 e. The maximum Gasteiger partial charge on any atom is 0.294 e. The highest BCUT2D eigenvalue weighted by Crippen LogP contribution is 2.39. The molecular formula is C22H19Br2F4N5O4. The molecule has 0 bridgehead atoms. The van der Waals surface area contributed by atoms with Crippen LogP contribution in [0.3, 0.4) is 0 Å². The first-order valence-electron chi connectivity index (χ1n) is 11.0. The molecule has 2 aromatic rings. The number of likely N-dealkylation sites (tertiary alicyclic amines) is 2. The van der Waals surface area contributed by atoms with E-state index in [-0.39, 0.29) is 28.7 Å². The summed E-state index contributed by atoms with van der Waals surface area (Å²) in [5, 5.41) is 14.2. The van der Waals surface area contributed by atoms with Gasteiger partial charge in [0.1, 0.15) is 11.7 Å². The fourth-order valence-electron chi connectivity index (χ4n) is 4.24. The summed E-state index contributed by atoms with van der Waals surface area (Å²) in [5.74, 6) is -7.97. The van der Waals surface area contributed by atoms with Crippen molar-refractivity contribution in [2.75, 3.05) is 31.5 Å². The van der Waals surface area contributed by atoms with Gasteiger partial charge in [-0.25, -0.2) is 17.6 Å². The summed E-state index contributed by atoms with van der Waals surface area (Å²) in [6, 6.07) is 1.92. The number of aromatic nitrogens is 1. The molecule has 0 saturated carbocycles. The lowest BCUT2D eigenvalue weighted by Crippen LogP contribution is -2.43. The third kappa shape index (κ3) is 5.87. The van der Waals surface area contributed by atoms with Gasteiger partial charge in [0.05, 0.1) is 22.6 Å². The second kappa shape index (κ2) is 10.2. The quantitative estimate of drug-likeness (QED) is 0.278. The summed E-state index contributed by atoms with van der Waals surface area (Å²) in [4.78, 5) is 42.8. The molecule has 0 radical (unpaired) electrons. The number of anilines is 1. The van der Waals surface area contributed by atoms with E-state index in [1.165, 1.54) is 24.5 Å². The molecular weight excluding hydrogens is 634 g/mol. The van der Waals surface area contributed by atoms with Crippen molar-refractivity contribution in [3.8, 4) is 0 Å². The van der Waals surface area contributed by atoms with Crippen LogP contribution in [0.25, 0.3) is 0 Å². The molecule has 3 heterocycles. The maximum atomic E-state index is 15.0. The van der Waals surface area contributed by atoms with Gasteiger partial charge in [-0.2, -0.15) is 0 Å². The number of hydrogen-bond acceptors (Lipinski definition) is 6. The number of carbonyl (C=O) groups is 2. The van der Waals surface area contributed by atoms with Crippen LogP contribution < -0.4 is 5.32 Å². The Morgan fingerprint density at radius 1 is 1.03 bits per heavy atom. The van der Waals surface area contributed by atoms with E-state index >= 15 is 8.78 Å². The fourth-order valence-corrected chi connectivity index (χ4v) is 5.05. The highest BCUT2D eigenvalue weighted by Gasteiger charge is 2.51. The average molecular weight is 653 g/mol. The van der Waals surface area contributed by atoms with Gasteiger partial charge in [0.25, 0.3) is 29.3 Å². The smallest absolute Gasteiger partial charge is 0.294 e. The van der Waals surface area contributed by atoms with Crippen LogP contribution in [0.2, 0.25) is 0 Å². The number of nitrogens with one attached hydrogen (secondary N) is 1. The number of rotatable bonds is 5. The van der Waals surface area contributed by atoms with E-state index in [4.69, 9.17) is 0 Å². The van der Waals surface area contributed by atoms with Gasteiger partial charge in [-0.15, -0.1) is 0 Å². The third-order valence-corrected chi connectivity index (χ3v) is 7.06. The van der Waals surface area contributed by atoms with E-state index in [1.807, 2.05) is 0 Å². The lowest BCUT2D eigenvalue weighted by molar-refractivity contribution is -0.384. The predicted molar refractivity (Wildman–Crippen MR) is 131 cm³/mol.